The molecule has 1 aromatic carbocycles. The molecule has 0 bridgehead atoms. The molecule has 3 rings (SSSR count). The molecule has 0 saturated heterocycles. The third-order valence-corrected chi connectivity index (χ3v) is 4.18. The summed E-state index contributed by atoms with van der Waals surface area (Å²) in [6.45, 7) is 2.04. The highest BCUT2D eigenvalue weighted by Gasteiger charge is 2.11. The summed E-state index contributed by atoms with van der Waals surface area (Å²) in [4.78, 5) is 24.5. The Morgan fingerprint density at radius 3 is 2.88 bits per heavy atom. The molecular weight excluding hydrogens is 324 g/mol. The van der Waals surface area contributed by atoms with Crippen molar-refractivity contribution in [1.82, 2.24) is 15.0 Å². The molecule has 0 saturated carbocycles. The van der Waals surface area contributed by atoms with Crippen LogP contribution in [0.4, 0.5) is 0 Å². The number of nitrogens with one attached hydrogen (secondary N) is 3. The zero-order valence-corrected chi connectivity index (χ0v) is 14.0. The first-order chi connectivity index (χ1) is 11.6. The maximum atomic E-state index is 11.9. The molecule has 0 amide bonds. The Bertz CT molecular complexity index is 999. The summed E-state index contributed by atoms with van der Waals surface area (Å²) in [7, 11) is 0. The van der Waals surface area contributed by atoms with Crippen molar-refractivity contribution >= 4 is 29.3 Å². The van der Waals surface area contributed by atoms with E-state index in [4.69, 9.17) is 12.2 Å². The molecule has 3 aromatic rings. The van der Waals surface area contributed by atoms with E-state index in [9.17, 15) is 9.90 Å². The summed E-state index contributed by atoms with van der Waals surface area (Å²) in [5, 5.41) is 11.0. The standard InChI is InChI=1S/C17H18N4O2S/c1-2-11(7-10-8-19-14-6-4-3-5-12(10)14)18-9-13-15(22)20-17(24)21-16(13)23/h3-6,8-9,11,19H,2,7H2,1H3,(H3,20,21,22,23,24). The van der Waals surface area contributed by atoms with Gasteiger partial charge in [0.2, 0.25) is 5.88 Å². The molecule has 124 valence electrons. The van der Waals surface area contributed by atoms with Crippen LogP contribution in [0.1, 0.15) is 24.5 Å². The normalized spacial score (nSPS) is 12.9. The number of fused-ring (bicyclic) bond motifs is 1. The van der Waals surface area contributed by atoms with Crippen LogP contribution < -0.4 is 5.56 Å². The van der Waals surface area contributed by atoms with Crippen LogP contribution in [0.3, 0.4) is 0 Å². The number of nitrogens with zero attached hydrogens (tertiary/aromatic N) is 1. The van der Waals surface area contributed by atoms with Crippen LogP contribution in [0.25, 0.3) is 10.9 Å². The zero-order chi connectivity index (χ0) is 17.1. The average Bonchev–Trinajstić information content (AvgIpc) is 2.96. The molecule has 0 aliphatic rings. The number of benzene rings is 1. The highest BCUT2D eigenvalue weighted by Crippen LogP contribution is 2.20. The van der Waals surface area contributed by atoms with Crippen molar-refractivity contribution in [2.75, 3.05) is 0 Å². The SMILES string of the molecule is CCC(Cc1c[nH]c2ccccc12)N=Cc1c(O)[nH]c(=S)[nH]c1=O. The molecule has 4 N–H and O–H groups in total. The van der Waals surface area contributed by atoms with E-state index in [2.05, 4.69) is 26.0 Å². The van der Waals surface area contributed by atoms with Gasteiger partial charge in [0, 0.05) is 23.3 Å². The van der Waals surface area contributed by atoms with Crippen LogP contribution >= 0.6 is 12.2 Å². The van der Waals surface area contributed by atoms with E-state index >= 15 is 0 Å². The smallest absolute Gasteiger partial charge is 0.264 e. The minimum absolute atomic E-state index is 0.00573. The van der Waals surface area contributed by atoms with E-state index in [1.165, 1.54) is 17.2 Å². The summed E-state index contributed by atoms with van der Waals surface area (Å²) in [6, 6.07) is 8.12. The fourth-order valence-electron chi connectivity index (χ4n) is 2.64. The molecule has 1 unspecified atom stereocenters. The van der Waals surface area contributed by atoms with Crippen LogP contribution in [0, 0.1) is 4.77 Å². The predicted octanol–water partition coefficient (Wildman–Crippen LogP) is 3.06. The van der Waals surface area contributed by atoms with Gasteiger partial charge in [0.25, 0.3) is 5.56 Å². The van der Waals surface area contributed by atoms with E-state index in [-0.39, 0.29) is 22.3 Å². The molecule has 1 atom stereocenters. The Balaban J connectivity index is 1.85. The second-order valence-corrected chi connectivity index (χ2v) is 5.98. The molecule has 0 radical (unpaired) electrons. The van der Waals surface area contributed by atoms with Gasteiger partial charge in [-0.15, -0.1) is 0 Å². The molecule has 0 spiro atoms. The third kappa shape index (κ3) is 3.30. The van der Waals surface area contributed by atoms with E-state index in [0.717, 1.165) is 18.4 Å². The lowest BCUT2D eigenvalue weighted by atomic mass is 10.0. The monoisotopic (exact) mass is 342 g/mol. The maximum absolute atomic E-state index is 11.9. The number of hydrogen-bond acceptors (Lipinski definition) is 4. The topological polar surface area (TPSA) is 97.0 Å². The van der Waals surface area contributed by atoms with Crippen LogP contribution in [0.15, 0.2) is 40.2 Å². The van der Waals surface area contributed by atoms with Gasteiger partial charge in [-0.1, -0.05) is 25.1 Å². The quantitative estimate of drug-likeness (QED) is 0.424. The molecule has 6 nitrogen and oxygen atoms in total. The maximum Gasteiger partial charge on any atom is 0.264 e. The van der Waals surface area contributed by atoms with Crippen molar-refractivity contribution in [2.45, 2.75) is 25.8 Å². The minimum Gasteiger partial charge on any atom is -0.494 e. The molecule has 7 heteroatoms. The lowest BCUT2D eigenvalue weighted by Crippen LogP contribution is -2.15. The first kappa shape index (κ1) is 16.2. The largest absolute Gasteiger partial charge is 0.494 e. The van der Waals surface area contributed by atoms with Gasteiger partial charge >= 0.3 is 0 Å². The number of hydrogen-bond donors (Lipinski definition) is 4. The van der Waals surface area contributed by atoms with Gasteiger partial charge in [0.05, 0.1) is 6.04 Å². The number of para-hydroxylation sites is 1. The van der Waals surface area contributed by atoms with Crippen LogP contribution in [0.5, 0.6) is 5.88 Å². The predicted molar refractivity (Wildman–Crippen MR) is 97.6 cm³/mol. The van der Waals surface area contributed by atoms with Gasteiger partial charge in [-0.2, -0.15) is 0 Å². The molecule has 0 aliphatic heterocycles. The summed E-state index contributed by atoms with van der Waals surface area (Å²) >= 11 is 4.81. The Morgan fingerprint density at radius 1 is 1.33 bits per heavy atom. The van der Waals surface area contributed by atoms with E-state index in [1.807, 2.05) is 31.3 Å². The lowest BCUT2D eigenvalue weighted by molar-refractivity contribution is 0.449. The molecule has 0 aliphatic carbocycles. The number of aliphatic imine (C=N–C) groups is 1. The third-order valence-electron chi connectivity index (χ3n) is 3.97. The number of aromatic nitrogens is 3. The van der Waals surface area contributed by atoms with Crippen LogP contribution in [-0.2, 0) is 6.42 Å². The fourth-order valence-corrected chi connectivity index (χ4v) is 2.83. The summed E-state index contributed by atoms with van der Waals surface area (Å²) in [6.07, 6.45) is 4.96. The second kappa shape index (κ2) is 6.84. The van der Waals surface area contributed by atoms with Crippen molar-refractivity contribution in [3.63, 3.8) is 0 Å². The number of rotatable bonds is 5. The van der Waals surface area contributed by atoms with Crippen molar-refractivity contribution in [2.24, 2.45) is 4.99 Å². The summed E-state index contributed by atoms with van der Waals surface area (Å²) < 4.78 is 0.0838. The molecule has 0 fully saturated rings. The average molecular weight is 342 g/mol. The Morgan fingerprint density at radius 2 is 2.12 bits per heavy atom. The Kier molecular flexibility index (Phi) is 4.61. The fraction of sp³-hybridized carbons (Fsp3) is 0.235. The Labute approximate surface area is 143 Å². The van der Waals surface area contributed by atoms with Crippen molar-refractivity contribution < 1.29 is 5.11 Å². The van der Waals surface area contributed by atoms with Crippen molar-refractivity contribution in [3.05, 3.63) is 56.7 Å². The van der Waals surface area contributed by atoms with E-state index in [0.29, 0.717) is 0 Å². The van der Waals surface area contributed by atoms with Gasteiger partial charge in [0.15, 0.2) is 4.77 Å². The lowest BCUT2D eigenvalue weighted by Gasteiger charge is -2.09. The van der Waals surface area contributed by atoms with E-state index in [1.54, 1.807) is 0 Å². The first-order valence-electron chi connectivity index (χ1n) is 7.72. The van der Waals surface area contributed by atoms with E-state index < -0.39 is 5.56 Å². The zero-order valence-electron chi connectivity index (χ0n) is 13.2. The van der Waals surface area contributed by atoms with Crippen LogP contribution in [0.2, 0.25) is 0 Å². The highest BCUT2D eigenvalue weighted by molar-refractivity contribution is 7.71. The van der Waals surface area contributed by atoms with Gasteiger partial charge in [0.1, 0.15) is 5.56 Å². The molecule has 24 heavy (non-hydrogen) atoms. The number of aromatic amines is 3. The number of aromatic hydroxyl groups is 1. The highest BCUT2D eigenvalue weighted by atomic mass is 32.1. The van der Waals surface area contributed by atoms with Gasteiger partial charge in [-0.3, -0.25) is 14.8 Å². The van der Waals surface area contributed by atoms with Crippen molar-refractivity contribution in [3.8, 4) is 5.88 Å². The molecular formula is C17H18N4O2S. The first-order valence-corrected chi connectivity index (χ1v) is 8.13. The summed E-state index contributed by atoms with van der Waals surface area (Å²) in [5.74, 6) is -0.269. The molecule has 2 aromatic heterocycles. The van der Waals surface area contributed by atoms with Crippen molar-refractivity contribution in [1.29, 1.82) is 0 Å². The molecule has 2 heterocycles. The number of H-pyrrole nitrogens is 3. The minimum atomic E-state index is -0.457. The van der Waals surface area contributed by atoms with Gasteiger partial charge in [-0.25, -0.2) is 0 Å². The van der Waals surface area contributed by atoms with Gasteiger partial charge in [-0.05, 0) is 36.7 Å². The van der Waals surface area contributed by atoms with Crippen LogP contribution in [-0.4, -0.2) is 32.3 Å². The Hall–Kier alpha value is -2.67. The summed E-state index contributed by atoms with van der Waals surface area (Å²) in [5.41, 5.74) is 1.90. The van der Waals surface area contributed by atoms with Gasteiger partial charge < -0.3 is 15.1 Å². The second-order valence-electron chi connectivity index (χ2n) is 5.57.